The van der Waals surface area contributed by atoms with E-state index in [1.54, 1.807) is 0 Å². The number of nitrogens with zero attached hydrogens (tertiary/aromatic N) is 2. The number of anilines is 2. The zero-order valence-electron chi connectivity index (χ0n) is 16.7. The highest BCUT2D eigenvalue weighted by molar-refractivity contribution is 5.98. The van der Waals surface area contributed by atoms with E-state index in [0.29, 0.717) is 4.90 Å². The number of nitrogens with one attached hydrogen (secondary N) is 1. The molecule has 0 bridgehead atoms. The summed E-state index contributed by atoms with van der Waals surface area (Å²) in [5.74, 6) is -2.01. The molecule has 1 aromatic carbocycles. The van der Waals surface area contributed by atoms with Gasteiger partial charge in [0.05, 0.1) is 25.4 Å². The van der Waals surface area contributed by atoms with Crippen LogP contribution in [0.5, 0.6) is 5.75 Å². The number of carbonyl (C=O) groups is 2. The molecule has 8 nitrogen and oxygen atoms in total. The molecule has 0 unspecified atom stereocenters. The Bertz CT molecular complexity index is 776. The lowest BCUT2D eigenvalue weighted by Crippen LogP contribution is -2.51. The Balaban J connectivity index is 2.27. The van der Waals surface area contributed by atoms with Gasteiger partial charge in [0.1, 0.15) is 12.6 Å². The number of hydrogen-bond acceptors (Lipinski definition) is 6. The molecule has 0 aliphatic carbocycles. The van der Waals surface area contributed by atoms with Crippen molar-refractivity contribution < 1.29 is 45.4 Å². The standard InChI is InChI=1S/C18H22F6N4O4/c19-14(20)7-27(8-15(21)22)12(6-25)17(30)26-11-2-1-10(5-13(11)32-18(23)24)28-3-4-31-9-16(28)29/h1-2,5,12,14-15,18H,3-4,6-9,25H2,(H,26,30)/t12-/m0/s1. The molecule has 1 aliphatic rings. The van der Waals surface area contributed by atoms with Crippen LogP contribution < -0.4 is 20.7 Å². The van der Waals surface area contributed by atoms with E-state index in [1.807, 2.05) is 0 Å². The Morgan fingerprint density at radius 2 is 1.84 bits per heavy atom. The number of alkyl halides is 6. The predicted octanol–water partition coefficient (Wildman–Crippen LogP) is 1.75. The maximum absolute atomic E-state index is 12.9. The molecule has 3 N–H and O–H groups in total. The molecule has 1 atom stereocenters. The molecule has 180 valence electrons. The van der Waals surface area contributed by atoms with Gasteiger partial charge in [0.25, 0.3) is 18.8 Å². The van der Waals surface area contributed by atoms with Gasteiger partial charge in [-0.15, -0.1) is 0 Å². The van der Waals surface area contributed by atoms with Crippen LogP contribution in [0.1, 0.15) is 0 Å². The van der Waals surface area contributed by atoms with Crippen LogP contribution in [0, 0.1) is 0 Å². The average Bonchev–Trinajstić information content (AvgIpc) is 2.69. The molecule has 0 spiro atoms. The number of halogens is 6. The van der Waals surface area contributed by atoms with E-state index in [2.05, 4.69) is 10.1 Å². The normalized spacial score (nSPS) is 15.7. The molecule has 0 aromatic heterocycles. The van der Waals surface area contributed by atoms with Gasteiger partial charge in [0.15, 0.2) is 5.75 Å². The molecule has 1 heterocycles. The number of ether oxygens (including phenoxy) is 2. The quantitative estimate of drug-likeness (QED) is 0.477. The van der Waals surface area contributed by atoms with Gasteiger partial charge in [0, 0.05) is 24.8 Å². The van der Waals surface area contributed by atoms with Gasteiger partial charge < -0.3 is 25.4 Å². The smallest absolute Gasteiger partial charge is 0.387 e. The minimum absolute atomic E-state index is 0.157. The highest BCUT2D eigenvalue weighted by atomic mass is 19.3. The van der Waals surface area contributed by atoms with Gasteiger partial charge in [-0.25, -0.2) is 17.6 Å². The fourth-order valence-electron chi connectivity index (χ4n) is 3.09. The maximum Gasteiger partial charge on any atom is 0.387 e. The third-order valence-corrected chi connectivity index (χ3v) is 4.45. The van der Waals surface area contributed by atoms with E-state index >= 15 is 0 Å². The second kappa shape index (κ2) is 11.9. The van der Waals surface area contributed by atoms with Crippen molar-refractivity contribution in [1.29, 1.82) is 0 Å². The van der Waals surface area contributed by atoms with Crippen molar-refractivity contribution in [2.75, 3.05) is 49.6 Å². The topological polar surface area (TPSA) is 97.1 Å². The van der Waals surface area contributed by atoms with Crippen LogP contribution in [-0.2, 0) is 14.3 Å². The predicted molar refractivity (Wildman–Crippen MR) is 101 cm³/mol. The van der Waals surface area contributed by atoms with Gasteiger partial charge in [-0.3, -0.25) is 14.5 Å². The van der Waals surface area contributed by atoms with Gasteiger partial charge in [-0.1, -0.05) is 0 Å². The van der Waals surface area contributed by atoms with E-state index < -0.39 is 62.7 Å². The maximum atomic E-state index is 12.9. The summed E-state index contributed by atoms with van der Waals surface area (Å²) in [6.45, 7) is -5.99. The molecule has 1 fully saturated rings. The molecule has 1 saturated heterocycles. The SMILES string of the molecule is NC[C@@H](C(=O)Nc1ccc(N2CCOCC2=O)cc1OC(F)F)N(CC(F)F)CC(F)F. The Hall–Kier alpha value is -2.58. The van der Waals surface area contributed by atoms with Crippen molar-refractivity contribution in [3.63, 3.8) is 0 Å². The van der Waals surface area contributed by atoms with Crippen LogP contribution >= 0.6 is 0 Å². The highest BCUT2D eigenvalue weighted by Gasteiger charge is 2.30. The van der Waals surface area contributed by atoms with E-state index in [9.17, 15) is 35.9 Å². The summed E-state index contributed by atoms with van der Waals surface area (Å²) in [6.07, 6.45) is -6.03. The van der Waals surface area contributed by atoms with E-state index in [0.717, 1.165) is 12.1 Å². The molecular formula is C18H22F6N4O4. The fourth-order valence-corrected chi connectivity index (χ4v) is 3.09. The lowest BCUT2D eigenvalue weighted by molar-refractivity contribution is -0.125. The first-order valence-corrected chi connectivity index (χ1v) is 9.40. The van der Waals surface area contributed by atoms with E-state index in [4.69, 9.17) is 10.5 Å². The number of hydrogen-bond donors (Lipinski definition) is 2. The minimum Gasteiger partial charge on any atom is -0.433 e. The number of carbonyl (C=O) groups excluding carboxylic acids is 2. The molecule has 2 amide bonds. The summed E-state index contributed by atoms with van der Waals surface area (Å²) in [5.41, 5.74) is 5.34. The van der Waals surface area contributed by atoms with Crippen molar-refractivity contribution in [3.8, 4) is 5.75 Å². The van der Waals surface area contributed by atoms with Crippen molar-refractivity contribution in [3.05, 3.63) is 18.2 Å². The highest BCUT2D eigenvalue weighted by Crippen LogP contribution is 2.32. The second-order valence-electron chi connectivity index (χ2n) is 6.63. The van der Waals surface area contributed by atoms with E-state index in [-0.39, 0.29) is 31.1 Å². The summed E-state index contributed by atoms with van der Waals surface area (Å²) in [5, 5.41) is 2.20. The third kappa shape index (κ3) is 7.24. The second-order valence-corrected chi connectivity index (χ2v) is 6.63. The summed E-state index contributed by atoms with van der Waals surface area (Å²) in [7, 11) is 0. The number of morpholine rings is 1. The molecule has 1 aromatic rings. The Morgan fingerprint density at radius 1 is 1.19 bits per heavy atom. The summed E-state index contributed by atoms with van der Waals surface area (Å²) in [4.78, 5) is 26.3. The zero-order chi connectivity index (χ0) is 23.8. The van der Waals surface area contributed by atoms with Crippen LogP contribution in [0.15, 0.2) is 18.2 Å². The van der Waals surface area contributed by atoms with Gasteiger partial charge in [0.2, 0.25) is 5.91 Å². The number of benzene rings is 1. The first kappa shape index (κ1) is 25.7. The molecule has 0 saturated carbocycles. The summed E-state index contributed by atoms with van der Waals surface area (Å²) >= 11 is 0. The Kier molecular flexibility index (Phi) is 9.53. The molecule has 0 radical (unpaired) electrons. The van der Waals surface area contributed by atoms with Crippen molar-refractivity contribution >= 4 is 23.2 Å². The van der Waals surface area contributed by atoms with Crippen molar-refractivity contribution in [1.82, 2.24) is 4.90 Å². The Morgan fingerprint density at radius 3 is 2.38 bits per heavy atom. The zero-order valence-corrected chi connectivity index (χ0v) is 16.7. The van der Waals surface area contributed by atoms with Crippen LogP contribution in [0.25, 0.3) is 0 Å². The summed E-state index contributed by atoms with van der Waals surface area (Å²) in [6, 6.07) is 1.99. The van der Waals surface area contributed by atoms with Gasteiger partial charge in [-0.05, 0) is 12.1 Å². The minimum atomic E-state index is -3.29. The lowest BCUT2D eigenvalue weighted by atomic mass is 10.2. The summed E-state index contributed by atoms with van der Waals surface area (Å²) < 4.78 is 86.3. The molecule has 32 heavy (non-hydrogen) atoms. The number of rotatable bonds is 11. The van der Waals surface area contributed by atoms with Crippen LogP contribution in [0.3, 0.4) is 0 Å². The van der Waals surface area contributed by atoms with Crippen molar-refractivity contribution in [2.24, 2.45) is 5.73 Å². The molecular weight excluding hydrogens is 450 g/mol. The fraction of sp³-hybridized carbons (Fsp3) is 0.556. The number of amides is 2. The lowest BCUT2D eigenvalue weighted by Gasteiger charge is -2.30. The molecule has 14 heteroatoms. The molecule has 2 rings (SSSR count). The van der Waals surface area contributed by atoms with Crippen molar-refractivity contribution in [2.45, 2.75) is 25.5 Å². The van der Waals surface area contributed by atoms with Gasteiger partial charge >= 0.3 is 6.61 Å². The number of nitrogens with two attached hydrogens (primary N) is 1. The Labute approximate surface area is 179 Å². The first-order chi connectivity index (χ1) is 15.1. The first-order valence-electron chi connectivity index (χ1n) is 9.40. The van der Waals surface area contributed by atoms with Crippen LogP contribution in [-0.4, -0.2) is 81.6 Å². The van der Waals surface area contributed by atoms with Crippen LogP contribution in [0.2, 0.25) is 0 Å². The van der Waals surface area contributed by atoms with Gasteiger partial charge in [-0.2, -0.15) is 8.78 Å². The molecule has 1 aliphatic heterocycles. The van der Waals surface area contributed by atoms with Crippen LogP contribution in [0.4, 0.5) is 37.7 Å². The average molecular weight is 472 g/mol. The largest absolute Gasteiger partial charge is 0.433 e. The van der Waals surface area contributed by atoms with E-state index in [1.165, 1.54) is 11.0 Å². The third-order valence-electron chi connectivity index (χ3n) is 4.45. The monoisotopic (exact) mass is 472 g/mol.